The molecule has 1 rings (SSSR count). The van der Waals surface area contributed by atoms with Gasteiger partial charge in [0.1, 0.15) is 17.2 Å². The van der Waals surface area contributed by atoms with Gasteiger partial charge in [0.25, 0.3) is 0 Å². The number of benzene rings is 1. The van der Waals surface area contributed by atoms with E-state index in [0.29, 0.717) is 36.5 Å². The van der Waals surface area contributed by atoms with E-state index in [0.717, 1.165) is 5.56 Å². The monoisotopic (exact) mass is 282 g/mol. The van der Waals surface area contributed by atoms with Crippen molar-refractivity contribution in [2.45, 2.75) is 25.3 Å². The second kappa shape index (κ2) is 7.59. The molecule has 6 nitrogen and oxygen atoms in total. The van der Waals surface area contributed by atoms with E-state index in [9.17, 15) is 4.79 Å². The molecule has 0 radical (unpaired) electrons. The van der Waals surface area contributed by atoms with Gasteiger partial charge in [-0.05, 0) is 12.8 Å². The van der Waals surface area contributed by atoms with E-state index in [4.69, 9.17) is 25.7 Å². The van der Waals surface area contributed by atoms with Gasteiger partial charge in [0.2, 0.25) is 5.91 Å². The lowest BCUT2D eigenvalue weighted by atomic mass is 9.99. The van der Waals surface area contributed by atoms with Crippen molar-refractivity contribution in [1.29, 1.82) is 0 Å². The van der Waals surface area contributed by atoms with Crippen LogP contribution in [-0.2, 0) is 4.79 Å². The summed E-state index contributed by atoms with van der Waals surface area (Å²) in [6.07, 6.45) is 1.55. The summed E-state index contributed by atoms with van der Waals surface area (Å²) in [6, 6.07) is 3.21. The molecule has 4 N–H and O–H groups in total. The number of carbonyl (C=O) groups excluding carboxylic acids is 1. The molecule has 1 atom stereocenters. The first-order valence-electron chi connectivity index (χ1n) is 6.37. The summed E-state index contributed by atoms with van der Waals surface area (Å²) in [4.78, 5) is 10.8. The van der Waals surface area contributed by atoms with Crippen LogP contribution in [0.25, 0.3) is 0 Å². The maximum absolute atomic E-state index is 10.8. The fourth-order valence-electron chi connectivity index (χ4n) is 2.04. The topological polar surface area (TPSA) is 96.8 Å². The van der Waals surface area contributed by atoms with Crippen LogP contribution in [0.15, 0.2) is 12.1 Å². The molecule has 20 heavy (non-hydrogen) atoms. The van der Waals surface area contributed by atoms with E-state index in [2.05, 4.69) is 0 Å². The minimum atomic E-state index is -0.328. The van der Waals surface area contributed by atoms with E-state index < -0.39 is 0 Å². The van der Waals surface area contributed by atoms with Gasteiger partial charge < -0.3 is 25.7 Å². The minimum absolute atomic E-state index is 0.301. The highest BCUT2D eigenvalue weighted by Gasteiger charge is 2.19. The Balaban J connectivity index is 2.98. The number of hydrogen-bond acceptors (Lipinski definition) is 5. The Morgan fingerprint density at radius 3 is 2.10 bits per heavy atom. The van der Waals surface area contributed by atoms with Crippen LogP contribution < -0.4 is 25.7 Å². The fourth-order valence-corrected chi connectivity index (χ4v) is 2.04. The number of ether oxygens (including phenoxy) is 3. The Kier molecular flexibility index (Phi) is 6.11. The fraction of sp³-hybridized carbons (Fsp3) is 0.500. The van der Waals surface area contributed by atoms with Crippen molar-refractivity contribution in [1.82, 2.24) is 0 Å². The number of primary amides is 1. The van der Waals surface area contributed by atoms with Gasteiger partial charge in [-0.2, -0.15) is 0 Å². The third-order valence-electron chi connectivity index (χ3n) is 3.06. The van der Waals surface area contributed by atoms with Crippen molar-refractivity contribution >= 4 is 5.91 Å². The number of nitrogens with two attached hydrogens (primary N) is 2. The minimum Gasteiger partial charge on any atom is -0.496 e. The highest BCUT2D eigenvalue weighted by molar-refractivity contribution is 5.73. The first-order chi connectivity index (χ1) is 9.53. The van der Waals surface area contributed by atoms with E-state index >= 15 is 0 Å². The molecule has 0 saturated carbocycles. The third kappa shape index (κ3) is 4.03. The summed E-state index contributed by atoms with van der Waals surface area (Å²) in [5.74, 6) is 1.51. The van der Waals surface area contributed by atoms with Gasteiger partial charge in [0.05, 0.1) is 26.9 Å². The highest BCUT2D eigenvalue weighted by Crippen LogP contribution is 2.38. The van der Waals surface area contributed by atoms with Crippen LogP contribution in [0.4, 0.5) is 0 Å². The molecular formula is C14H22N2O4. The zero-order valence-corrected chi connectivity index (χ0v) is 12.1. The molecule has 0 bridgehead atoms. The smallest absolute Gasteiger partial charge is 0.217 e. The predicted octanol–water partition coefficient (Wildman–Crippen LogP) is 1.37. The molecule has 0 aliphatic heterocycles. The number of amides is 1. The molecule has 6 heteroatoms. The molecule has 1 aromatic rings. The molecule has 0 spiro atoms. The van der Waals surface area contributed by atoms with Crippen LogP contribution in [0.5, 0.6) is 17.2 Å². The summed E-state index contributed by atoms with van der Waals surface area (Å²) in [7, 11) is 4.70. The lowest BCUT2D eigenvalue weighted by molar-refractivity contribution is -0.118. The first kappa shape index (κ1) is 16.1. The Morgan fingerprint density at radius 1 is 1.15 bits per heavy atom. The van der Waals surface area contributed by atoms with Crippen molar-refractivity contribution in [3.8, 4) is 17.2 Å². The highest BCUT2D eigenvalue weighted by atomic mass is 16.5. The van der Waals surface area contributed by atoms with Gasteiger partial charge in [-0.1, -0.05) is 0 Å². The number of methoxy groups -OCH3 is 3. The molecule has 1 unspecified atom stereocenters. The standard InChI is InChI=1S/C14H22N2O4/c1-18-9-7-11(19-2)14(12(8-9)20-3)10(15)5-4-6-13(16)17/h7-8,10H,4-6,15H2,1-3H3,(H2,16,17). The lowest BCUT2D eigenvalue weighted by Crippen LogP contribution is -2.15. The molecule has 0 aromatic heterocycles. The maximum Gasteiger partial charge on any atom is 0.217 e. The summed E-state index contributed by atoms with van der Waals surface area (Å²) in [5.41, 5.74) is 12.1. The third-order valence-corrected chi connectivity index (χ3v) is 3.06. The van der Waals surface area contributed by atoms with Crippen molar-refractivity contribution in [2.24, 2.45) is 11.5 Å². The first-order valence-corrected chi connectivity index (χ1v) is 6.37. The molecule has 0 heterocycles. The SMILES string of the molecule is COc1cc(OC)c(C(N)CCCC(N)=O)c(OC)c1. The van der Waals surface area contributed by atoms with Crippen LogP contribution in [0.3, 0.4) is 0 Å². The summed E-state index contributed by atoms with van der Waals surface area (Å²) < 4.78 is 15.9. The molecule has 112 valence electrons. The second-order valence-corrected chi connectivity index (χ2v) is 4.41. The van der Waals surface area contributed by atoms with Gasteiger partial charge >= 0.3 is 0 Å². The zero-order valence-electron chi connectivity index (χ0n) is 12.1. The lowest BCUT2D eigenvalue weighted by Gasteiger charge is -2.19. The Bertz CT molecular complexity index is 437. The quantitative estimate of drug-likeness (QED) is 0.750. The van der Waals surface area contributed by atoms with E-state index in [1.807, 2.05) is 0 Å². The van der Waals surface area contributed by atoms with E-state index in [1.54, 1.807) is 33.5 Å². The predicted molar refractivity (Wildman–Crippen MR) is 76.1 cm³/mol. The van der Waals surface area contributed by atoms with Crippen molar-refractivity contribution < 1.29 is 19.0 Å². The van der Waals surface area contributed by atoms with Crippen molar-refractivity contribution in [2.75, 3.05) is 21.3 Å². The molecule has 1 aromatic carbocycles. The Labute approximate surface area is 119 Å². The van der Waals surface area contributed by atoms with E-state index in [1.165, 1.54) is 0 Å². The van der Waals surface area contributed by atoms with Crippen LogP contribution in [0, 0.1) is 0 Å². The molecular weight excluding hydrogens is 260 g/mol. The van der Waals surface area contributed by atoms with Crippen LogP contribution in [-0.4, -0.2) is 27.2 Å². The van der Waals surface area contributed by atoms with Gasteiger partial charge in [-0.25, -0.2) is 0 Å². The number of rotatable bonds is 8. The summed E-state index contributed by atoms with van der Waals surface area (Å²) in [5, 5.41) is 0. The zero-order chi connectivity index (χ0) is 15.1. The Morgan fingerprint density at radius 2 is 1.70 bits per heavy atom. The Hall–Kier alpha value is -1.95. The van der Waals surface area contributed by atoms with Crippen LogP contribution in [0.2, 0.25) is 0 Å². The molecule has 0 saturated heterocycles. The molecule has 0 aliphatic carbocycles. The maximum atomic E-state index is 10.8. The summed E-state index contributed by atoms with van der Waals surface area (Å²) in [6.45, 7) is 0. The second-order valence-electron chi connectivity index (χ2n) is 4.41. The van der Waals surface area contributed by atoms with E-state index in [-0.39, 0.29) is 11.9 Å². The molecule has 0 fully saturated rings. The van der Waals surface area contributed by atoms with Crippen molar-refractivity contribution in [3.63, 3.8) is 0 Å². The van der Waals surface area contributed by atoms with Crippen LogP contribution in [0.1, 0.15) is 30.9 Å². The van der Waals surface area contributed by atoms with Crippen LogP contribution >= 0.6 is 0 Å². The van der Waals surface area contributed by atoms with Gasteiger partial charge in [-0.3, -0.25) is 4.79 Å². The van der Waals surface area contributed by atoms with Crippen molar-refractivity contribution in [3.05, 3.63) is 17.7 Å². The average Bonchev–Trinajstić information content (AvgIpc) is 2.44. The van der Waals surface area contributed by atoms with Gasteiger partial charge in [-0.15, -0.1) is 0 Å². The van der Waals surface area contributed by atoms with Gasteiger partial charge in [0.15, 0.2) is 0 Å². The number of hydrogen-bond donors (Lipinski definition) is 2. The molecule has 1 amide bonds. The van der Waals surface area contributed by atoms with Gasteiger partial charge in [0, 0.05) is 24.6 Å². The number of carbonyl (C=O) groups is 1. The molecule has 0 aliphatic rings. The summed E-state index contributed by atoms with van der Waals surface area (Å²) >= 11 is 0. The normalized spacial score (nSPS) is 11.8. The largest absolute Gasteiger partial charge is 0.496 e. The average molecular weight is 282 g/mol.